The van der Waals surface area contributed by atoms with Crippen LogP contribution in [0.3, 0.4) is 0 Å². The Kier molecular flexibility index (Phi) is 43.6. The lowest BCUT2D eigenvalue weighted by Crippen LogP contribution is -2.71. The zero-order valence-electron chi connectivity index (χ0n) is 63.7. The Labute approximate surface area is 690 Å². The van der Waals surface area contributed by atoms with Crippen molar-refractivity contribution in [3.63, 3.8) is 0 Å². The molecular formula is C93H122N6O12S4. The second-order valence-electron chi connectivity index (χ2n) is 25.1. The molecule has 9 aromatic carbocycles. The number of hydrogen-bond donors (Lipinski definition) is 6. The summed E-state index contributed by atoms with van der Waals surface area (Å²) in [6.45, 7) is 29.9. The Bertz CT molecular complexity index is 5400. The molecule has 0 radical (unpaired) electrons. The molecule has 620 valence electrons. The van der Waals surface area contributed by atoms with Gasteiger partial charge in [0.25, 0.3) is 0 Å². The second kappa shape index (κ2) is 48.0. The quantitative estimate of drug-likeness (QED) is 0.0436. The molecule has 2 aliphatic heterocycles. The largest absolute Gasteiger partial charge is 0.744 e. The standard InChI is InChI=1S/2C35H30N2O4S.C9H13NO2S.C3H9N.2C2H6.7CH4.O2S/c2*1-21-9-7-10-22(2)34(21)36-25-15-17-27-30(19-25)41-31-20-26(37-35-23(3)11-8-12-24(35)4)16-18-28(31)33(27)29-13-5-6-14-32(29)42(38,39)40;1-8-3-5-9(6-4-8)7-10-13(2,11)12;1-3-4-2;2*1-2;;;;;;;;1-3-2/h2*5-20,36H,1-4H3,(H,38,39,40);3-6,10H,7H2,1-2H3;4H,3H2,1-2H3;2*1-2H3;7*1H4;. The molecule has 2 heterocycles. The topological polar surface area (TPSA) is 285 Å². The van der Waals surface area contributed by atoms with Crippen LogP contribution in [0.2, 0.25) is 0 Å². The summed E-state index contributed by atoms with van der Waals surface area (Å²) in [5, 5.41) is 13.0. The number of sulfonamides is 1. The van der Waals surface area contributed by atoms with E-state index in [0.717, 1.165) is 108 Å². The van der Waals surface area contributed by atoms with Crippen LogP contribution in [-0.4, -0.2) is 62.6 Å². The maximum Gasteiger partial charge on any atom is 0.335 e. The summed E-state index contributed by atoms with van der Waals surface area (Å²) in [5.41, 5.74) is 21.2. The van der Waals surface area contributed by atoms with E-state index in [9.17, 15) is 34.4 Å². The highest BCUT2D eigenvalue weighted by Crippen LogP contribution is 2.45. The van der Waals surface area contributed by atoms with Gasteiger partial charge in [-0.05, 0) is 152 Å². The van der Waals surface area contributed by atoms with Gasteiger partial charge in [0, 0.05) is 120 Å². The van der Waals surface area contributed by atoms with Gasteiger partial charge in [-0.25, -0.2) is 40.0 Å². The van der Waals surface area contributed by atoms with E-state index >= 15 is 0 Å². The van der Waals surface area contributed by atoms with Gasteiger partial charge in [0.15, 0.2) is 0 Å². The highest BCUT2D eigenvalue weighted by atomic mass is 32.2. The number of nitrogens with one attached hydrogen (secondary N) is 6. The molecule has 2 aliphatic carbocycles. The van der Waals surface area contributed by atoms with Crippen molar-refractivity contribution in [3.8, 4) is 44.9 Å². The predicted octanol–water partition coefficient (Wildman–Crippen LogP) is 19.9. The number of fused-ring (bicyclic) bond motifs is 4. The van der Waals surface area contributed by atoms with Gasteiger partial charge in [-0.15, -0.1) is 0 Å². The van der Waals surface area contributed by atoms with Crippen LogP contribution in [0.5, 0.6) is 0 Å². The predicted molar refractivity (Wildman–Crippen MR) is 481 cm³/mol. The summed E-state index contributed by atoms with van der Waals surface area (Å²) in [6.07, 6.45) is 1.15. The Morgan fingerprint density at radius 2 is 0.713 bits per heavy atom. The van der Waals surface area contributed by atoms with Gasteiger partial charge in [0.2, 0.25) is 32.1 Å². The molecular weight excluding hydrogens is 1520 g/mol. The second-order valence-corrected chi connectivity index (χ2v) is 29.8. The number of rotatable bonds is 14. The minimum absolute atomic E-state index is 0. The molecule has 0 spiro atoms. The van der Waals surface area contributed by atoms with E-state index in [-0.39, 0.29) is 61.8 Å². The van der Waals surface area contributed by atoms with Crippen LogP contribution in [0.1, 0.15) is 142 Å². The summed E-state index contributed by atoms with van der Waals surface area (Å²) in [7, 11) is -10.6. The van der Waals surface area contributed by atoms with Crippen LogP contribution < -0.4 is 41.4 Å². The Morgan fingerprint density at radius 1 is 0.400 bits per heavy atom. The van der Waals surface area contributed by atoms with Crippen LogP contribution in [0.4, 0.5) is 34.1 Å². The normalized spacial score (nSPS) is 10.7. The van der Waals surface area contributed by atoms with Crippen LogP contribution in [0.15, 0.2) is 237 Å². The zero-order chi connectivity index (χ0) is 79.2. The van der Waals surface area contributed by atoms with E-state index in [0.29, 0.717) is 73.4 Å². The number of benzene rings is 11. The lowest BCUT2D eigenvalue weighted by molar-refractivity contribution is -0.404. The fraction of sp³-hybridized carbons (Fsp3) is 0.269. The monoisotopic (exact) mass is 1640 g/mol. The first-order valence-electron chi connectivity index (χ1n) is 35.2. The number of para-hydroxylation sites is 4. The highest BCUT2D eigenvalue weighted by molar-refractivity contribution is 7.88. The van der Waals surface area contributed by atoms with Gasteiger partial charge >= 0.3 is 11.6 Å². The lowest BCUT2D eigenvalue weighted by atomic mass is 9.93. The van der Waals surface area contributed by atoms with E-state index < -0.39 is 41.8 Å². The van der Waals surface area contributed by atoms with Crippen molar-refractivity contribution >= 4 is 97.9 Å². The summed E-state index contributed by atoms with van der Waals surface area (Å²) < 4.78 is 128. The fourth-order valence-electron chi connectivity index (χ4n) is 12.0. The lowest BCUT2D eigenvalue weighted by Gasteiger charge is -2.19. The molecule has 9 aromatic rings. The highest BCUT2D eigenvalue weighted by Gasteiger charge is 2.25. The molecule has 0 atom stereocenters. The average molecular weight is 1640 g/mol. The molecule has 0 amide bonds. The smallest absolute Gasteiger partial charge is 0.335 e. The van der Waals surface area contributed by atoms with Crippen molar-refractivity contribution in [2.24, 2.45) is 0 Å². The third-order valence-electron chi connectivity index (χ3n) is 17.3. The minimum atomic E-state index is -4.74. The first-order valence-corrected chi connectivity index (χ1v) is 40.6. The maximum absolute atomic E-state index is 12.3. The van der Waals surface area contributed by atoms with E-state index in [1.54, 1.807) is 36.4 Å². The molecule has 13 rings (SSSR count). The first-order chi connectivity index (χ1) is 51.5. The number of hydrogen-bond acceptors (Lipinski definition) is 15. The van der Waals surface area contributed by atoms with Gasteiger partial charge < -0.3 is 33.9 Å². The molecule has 18 nitrogen and oxygen atoms in total. The summed E-state index contributed by atoms with van der Waals surface area (Å²) >= 11 is -0.750. The van der Waals surface area contributed by atoms with Crippen LogP contribution in [0, 0.1) is 62.3 Å². The third kappa shape index (κ3) is 27.6. The summed E-state index contributed by atoms with van der Waals surface area (Å²) in [4.78, 5) is 6.49. The molecule has 0 bridgehead atoms. The zero-order valence-corrected chi connectivity index (χ0v) is 67.0. The van der Waals surface area contributed by atoms with Crippen LogP contribution in [-0.2, 0) is 48.4 Å². The van der Waals surface area contributed by atoms with Gasteiger partial charge in [0.1, 0.15) is 42.9 Å². The fourth-order valence-corrected chi connectivity index (χ4v) is 13.8. The van der Waals surface area contributed by atoms with E-state index in [2.05, 4.69) is 142 Å². The van der Waals surface area contributed by atoms with Crippen molar-refractivity contribution in [3.05, 3.63) is 285 Å². The van der Waals surface area contributed by atoms with E-state index in [1.807, 2.05) is 163 Å². The van der Waals surface area contributed by atoms with Gasteiger partial charge in [0.05, 0.1) is 28.2 Å². The van der Waals surface area contributed by atoms with E-state index in [1.165, 1.54) is 17.7 Å². The number of anilines is 4. The first kappa shape index (κ1) is 104. The van der Waals surface area contributed by atoms with Crippen LogP contribution >= 0.6 is 0 Å². The molecule has 0 unspecified atom stereocenters. The van der Waals surface area contributed by atoms with Crippen molar-refractivity contribution in [1.29, 1.82) is 0 Å². The van der Waals surface area contributed by atoms with Crippen molar-refractivity contribution in [2.75, 3.05) is 30.5 Å². The Hall–Kier alpha value is -10.5. The third-order valence-corrected chi connectivity index (χ3v) is 19.8. The molecule has 22 heteroatoms. The molecule has 4 aliphatic rings. The van der Waals surface area contributed by atoms with Crippen molar-refractivity contribution in [1.82, 2.24) is 10.0 Å². The van der Waals surface area contributed by atoms with Crippen molar-refractivity contribution < 1.29 is 61.6 Å². The average Bonchev–Trinajstić information content (AvgIpc) is 0.748. The van der Waals surface area contributed by atoms with Crippen molar-refractivity contribution in [2.45, 2.75) is 165 Å². The van der Waals surface area contributed by atoms with E-state index in [4.69, 9.17) is 17.3 Å². The Morgan fingerprint density at radius 3 is 1.02 bits per heavy atom. The molecule has 115 heavy (non-hydrogen) atoms. The molecule has 6 N–H and O–H groups in total. The van der Waals surface area contributed by atoms with Gasteiger partial charge in [-0.3, -0.25) is 0 Å². The minimum Gasteiger partial charge on any atom is -0.744 e. The molecule has 0 aromatic heterocycles. The summed E-state index contributed by atoms with van der Waals surface area (Å²) in [5.74, 6) is 1.10. The SMILES string of the molecule is C.C.C.C.C.C.C.CC.CC.CCNC.Cc1ccc(CNS(C)(=O)=O)cc1.Cc1cccc(C)c1Nc1ccc2c(-c3ccccc3S(=O)(=O)[O-])c3ccc(=[NH+]c4c(C)cccc4C)cc-3oc2c1.Cc1cccc(C)c1Nc1ccc2c(-c3ccccc3S(=O)(=O)[O-])c3ccc(=[NH+]c4c(C)cccc4C)cc-3oc2c1.O=S=O. The summed E-state index contributed by atoms with van der Waals surface area (Å²) in [6, 6.07) is 67.9. The molecule has 0 saturated heterocycles. The Balaban J connectivity index is 0.00000168. The van der Waals surface area contributed by atoms with Gasteiger partial charge in [-0.1, -0.05) is 226 Å². The van der Waals surface area contributed by atoms with Gasteiger partial charge in [-0.2, -0.15) is 8.42 Å². The maximum atomic E-state index is 12.3. The molecule has 0 saturated carbocycles. The number of aryl methyl sites for hydroxylation is 9. The van der Waals surface area contributed by atoms with Crippen LogP contribution in [0.25, 0.3) is 66.8 Å². The molecule has 0 fully saturated rings.